The Morgan fingerprint density at radius 3 is 2.19 bits per heavy atom. The highest BCUT2D eigenvalue weighted by molar-refractivity contribution is 7.92. The van der Waals surface area contributed by atoms with Crippen LogP contribution in [0.2, 0.25) is 0 Å². The molecule has 0 aliphatic carbocycles. The minimum absolute atomic E-state index is 0.0121. The fraction of sp³-hybridized carbons (Fsp3) is 0.188. The molecule has 0 saturated carbocycles. The highest BCUT2D eigenvalue weighted by Gasteiger charge is 2.40. The number of hydrogen-bond donors (Lipinski definition) is 1. The van der Waals surface area contributed by atoms with Gasteiger partial charge in [-0.05, 0) is 36.4 Å². The van der Waals surface area contributed by atoms with E-state index < -0.39 is 46.3 Å². The summed E-state index contributed by atoms with van der Waals surface area (Å²) in [5.41, 5.74) is -1.40. The number of ketones is 1. The lowest BCUT2D eigenvalue weighted by atomic mass is 10.1. The number of carbonyl (C=O) groups is 1. The van der Waals surface area contributed by atoms with Crippen LogP contribution in [0.1, 0.15) is 10.4 Å². The van der Waals surface area contributed by atoms with E-state index in [-0.39, 0.29) is 10.6 Å². The fourth-order valence-electron chi connectivity index (χ4n) is 2.00. The Balaban J connectivity index is 2.26. The molecule has 0 saturated heterocycles. The standard InChI is InChI=1S/C16H12F5NO4S/c17-14(18)9-26-10-5-7-11(8-6-10)27(24,25)22-13-4-2-1-3-12(13)15(23)16(19,20)21/h1-8,14,22H,9H2. The predicted molar refractivity (Wildman–Crippen MR) is 85.6 cm³/mol. The first-order chi connectivity index (χ1) is 12.5. The number of halogens is 5. The molecule has 1 N–H and O–H groups in total. The third-order valence-electron chi connectivity index (χ3n) is 3.18. The predicted octanol–water partition coefficient (Wildman–Crippen LogP) is 3.88. The first kappa shape index (κ1) is 20.6. The Kier molecular flexibility index (Phi) is 6.04. The van der Waals surface area contributed by atoms with E-state index in [0.717, 1.165) is 42.5 Å². The van der Waals surface area contributed by atoms with E-state index in [0.29, 0.717) is 0 Å². The molecule has 0 aliphatic rings. The average Bonchev–Trinajstić information content (AvgIpc) is 2.59. The third-order valence-corrected chi connectivity index (χ3v) is 4.56. The van der Waals surface area contributed by atoms with Crippen molar-refractivity contribution in [3.8, 4) is 5.75 Å². The third kappa shape index (κ3) is 5.39. The summed E-state index contributed by atoms with van der Waals surface area (Å²) in [5, 5.41) is 0. The molecule has 5 nitrogen and oxygen atoms in total. The van der Waals surface area contributed by atoms with Gasteiger partial charge in [0.25, 0.3) is 22.2 Å². The van der Waals surface area contributed by atoms with Crippen LogP contribution in [0.5, 0.6) is 5.75 Å². The summed E-state index contributed by atoms with van der Waals surface area (Å²) in [6.45, 7) is -0.878. The van der Waals surface area contributed by atoms with Gasteiger partial charge in [0, 0.05) is 0 Å². The van der Waals surface area contributed by atoms with E-state index in [1.807, 2.05) is 4.72 Å². The second kappa shape index (κ2) is 7.91. The molecular formula is C16H12F5NO4S. The van der Waals surface area contributed by atoms with Gasteiger partial charge in [-0.15, -0.1) is 0 Å². The minimum atomic E-state index is -5.18. The van der Waals surface area contributed by atoms with Gasteiger partial charge in [0.2, 0.25) is 0 Å². The molecule has 0 unspecified atom stereocenters. The molecule has 2 rings (SSSR count). The number of sulfonamides is 1. The van der Waals surface area contributed by atoms with Crippen LogP contribution in [0, 0.1) is 0 Å². The highest BCUT2D eigenvalue weighted by atomic mass is 32.2. The van der Waals surface area contributed by atoms with Gasteiger partial charge in [-0.1, -0.05) is 12.1 Å². The second-order valence-corrected chi connectivity index (χ2v) is 6.83. The molecule has 0 atom stereocenters. The van der Waals surface area contributed by atoms with Gasteiger partial charge in [0.15, 0.2) is 0 Å². The van der Waals surface area contributed by atoms with Gasteiger partial charge in [-0.2, -0.15) is 13.2 Å². The molecule has 0 aliphatic heterocycles. The summed E-state index contributed by atoms with van der Waals surface area (Å²) in [6, 6.07) is 8.55. The number of anilines is 1. The lowest BCUT2D eigenvalue weighted by Gasteiger charge is -2.13. The summed E-state index contributed by atoms with van der Waals surface area (Å²) in [7, 11) is -4.34. The Bertz CT molecular complexity index is 911. The van der Waals surface area contributed by atoms with Crippen molar-refractivity contribution in [3.05, 3.63) is 54.1 Å². The maximum atomic E-state index is 12.7. The number of para-hydroxylation sites is 1. The number of rotatable bonds is 7. The van der Waals surface area contributed by atoms with Crippen LogP contribution in [-0.2, 0) is 10.0 Å². The van der Waals surface area contributed by atoms with Crippen molar-refractivity contribution in [1.29, 1.82) is 0 Å². The van der Waals surface area contributed by atoms with E-state index in [2.05, 4.69) is 0 Å². The van der Waals surface area contributed by atoms with E-state index in [1.165, 1.54) is 6.07 Å². The maximum absolute atomic E-state index is 12.7. The lowest BCUT2D eigenvalue weighted by molar-refractivity contribution is -0.0884. The maximum Gasteiger partial charge on any atom is 0.454 e. The van der Waals surface area contributed by atoms with Crippen LogP contribution in [0.3, 0.4) is 0 Å². The van der Waals surface area contributed by atoms with Crippen molar-refractivity contribution in [1.82, 2.24) is 0 Å². The van der Waals surface area contributed by atoms with Gasteiger partial charge in [0.1, 0.15) is 12.4 Å². The van der Waals surface area contributed by atoms with Gasteiger partial charge < -0.3 is 4.74 Å². The zero-order valence-electron chi connectivity index (χ0n) is 13.3. The fourth-order valence-corrected chi connectivity index (χ4v) is 3.08. The molecule has 11 heteroatoms. The summed E-state index contributed by atoms with van der Waals surface area (Å²) in [5.74, 6) is -2.21. The Morgan fingerprint density at radius 1 is 1.04 bits per heavy atom. The second-order valence-electron chi connectivity index (χ2n) is 5.15. The van der Waals surface area contributed by atoms with Crippen LogP contribution < -0.4 is 9.46 Å². The van der Waals surface area contributed by atoms with Crippen molar-refractivity contribution in [2.45, 2.75) is 17.5 Å². The van der Waals surface area contributed by atoms with Crippen molar-refractivity contribution in [2.75, 3.05) is 11.3 Å². The number of carbonyl (C=O) groups excluding carboxylic acids is 1. The van der Waals surface area contributed by atoms with Gasteiger partial charge in [-0.25, -0.2) is 17.2 Å². The summed E-state index contributed by atoms with van der Waals surface area (Å²) < 4.78 is 93.4. The van der Waals surface area contributed by atoms with Gasteiger partial charge in [0.05, 0.1) is 16.1 Å². The molecule has 0 bridgehead atoms. The number of Topliss-reactive ketones (excluding diaryl/α,β-unsaturated/α-hetero) is 1. The Morgan fingerprint density at radius 2 is 1.63 bits per heavy atom. The molecule has 27 heavy (non-hydrogen) atoms. The van der Waals surface area contributed by atoms with E-state index in [9.17, 15) is 35.2 Å². The summed E-state index contributed by atoms with van der Waals surface area (Å²) in [6.07, 6.45) is -7.89. The molecule has 0 fully saturated rings. The van der Waals surface area contributed by atoms with Crippen LogP contribution >= 0.6 is 0 Å². The van der Waals surface area contributed by atoms with Gasteiger partial charge >= 0.3 is 6.18 Å². The molecule has 2 aromatic rings. The van der Waals surface area contributed by atoms with Crippen molar-refractivity contribution in [3.63, 3.8) is 0 Å². The molecule has 2 aromatic carbocycles. The van der Waals surface area contributed by atoms with Crippen molar-refractivity contribution >= 4 is 21.5 Å². The topological polar surface area (TPSA) is 72.5 Å². The molecule has 0 amide bonds. The largest absolute Gasteiger partial charge is 0.488 e. The van der Waals surface area contributed by atoms with Crippen LogP contribution in [0.4, 0.5) is 27.6 Å². The average molecular weight is 409 g/mol. The first-order valence-electron chi connectivity index (χ1n) is 7.25. The van der Waals surface area contributed by atoms with E-state index >= 15 is 0 Å². The SMILES string of the molecule is O=C(c1ccccc1NS(=O)(=O)c1ccc(OCC(F)F)cc1)C(F)(F)F. The Labute approximate surface area is 150 Å². The Hall–Kier alpha value is -2.69. The number of ether oxygens (including phenoxy) is 1. The highest BCUT2D eigenvalue weighted by Crippen LogP contribution is 2.28. The van der Waals surface area contributed by atoms with Crippen molar-refractivity contribution < 1.29 is 39.9 Å². The summed E-state index contributed by atoms with van der Waals surface area (Å²) >= 11 is 0. The smallest absolute Gasteiger partial charge is 0.454 e. The normalized spacial score (nSPS) is 12.1. The van der Waals surface area contributed by atoms with Crippen LogP contribution in [-0.4, -0.2) is 33.4 Å². The van der Waals surface area contributed by atoms with E-state index in [4.69, 9.17) is 4.74 Å². The summed E-state index contributed by atoms with van der Waals surface area (Å²) in [4.78, 5) is 11.1. The molecule has 0 radical (unpaired) electrons. The monoisotopic (exact) mass is 409 g/mol. The number of hydrogen-bond acceptors (Lipinski definition) is 4. The lowest BCUT2D eigenvalue weighted by Crippen LogP contribution is -2.25. The number of nitrogens with one attached hydrogen (secondary N) is 1. The molecule has 0 spiro atoms. The van der Waals surface area contributed by atoms with Gasteiger partial charge in [-0.3, -0.25) is 9.52 Å². The van der Waals surface area contributed by atoms with Crippen LogP contribution in [0.25, 0.3) is 0 Å². The number of benzene rings is 2. The molecule has 0 aromatic heterocycles. The zero-order chi connectivity index (χ0) is 20.2. The quantitative estimate of drug-likeness (QED) is 0.557. The van der Waals surface area contributed by atoms with E-state index in [1.54, 1.807) is 0 Å². The minimum Gasteiger partial charge on any atom is -0.488 e. The van der Waals surface area contributed by atoms with Crippen molar-refractivity contribution in [2.24, 2.45) is 0 Å². The molecule has 0 heterocycles. The zero-order valence-corrected chi connectivity index (χ0v) is 14.2. The first-order valence-corrected chi connectivity index (χ1v) is 8.73. The molecular weight excluding hydrogens is 397 g/mol. The molecule has 146 valence electrons. The van der Waals surface area contributed by atoms with Crippen LogP contribution in [0.15, 0.2) is 53.4 Å². The number of alkyl halides is 5.